The molecular formula is C17H21BrN2S. The summed E-state index contributed by atoms with van der Waals surface area (Å²) in [5, 5.41) is 2.16. The third-order valence-electron chi connectivity index (χ3n) is 3.79. The highest BCUT2D eigenvalue weighted by atomic mass is 79.9. The van der Waals surface area contributed by atoms with Crippen molar-refractivity contribution in [2.75, 3.05) is 4.90 Å². The molecule has 1 atom stereocenters. The van der Waals surface area contributed by atoms with Crippen LogP contribution in [0.4, 0.5) is 5.69 Å². The minimum atomic E-state index is 0.181. The molecule has 2 aromatic rings. The molecule has 0 saturated heterocycles. The molecule has 0 bridgehead atoms. The van der Waals surface area contributed by atoms with E-state index in [1.807, 2.05) is 11.3 Å². The van der Waals surface area contributed by atoms with E-state index in [2.05, 4.69) is 63.5 Å². The summed E-state index contributed by atoms with van der Waals surface area (Å²) < 4.78 is 1.13. The maximum atomic E-state index is 6.04. The van der Waals surface area contributed by atoms with Crippen LogP contribution in [0, 0.1) is 0 Å². The molecule has 1 aromatic heterocycles. The third kappa shape index (κ3) is 3.87. The van der Waals surface area contributed by atoms with Gasteiger partial charge in [0.1, 0.15) is 0 Å². The number of rotatable bonds is 6. The number of nitrogens with two attached hydrogens (primary N) is 1. The summed E-state index contributed by atoms with van der Waals surface area (Å²) in [7, 11) is 0. The first-order valence-corrected chi connectivity index (χ1v) is 9.14. The smallest absolute Gasteiger partial charge is 0.0526 e. The van der Waals surface area contributed by atoms with E-state index in [1.165, 1.54) is 29.0 Å². The Morgan fingerprint density at radius 1 is 1.38 bits per heavy atom. The van der Waals surface area contributed by atoms with E-state index in [9.17, 15) is 0 Å². The van der Waals surface area contributed by atoms with Gasteiger partial charge in [0.2, 0.25) is 0 Å². The summed E-state index contributed by atoms with van der Waals surface area (Å²) in [5.41, 5.74) is 8.74. The van der Waals surface area contributed by atoms with E-state index >= 15 is 0 Å². The maximum absolute atomic E-state index is 6.04. The molecule has 21 heavy (non-hydrogen) atoms. The number of hydrogen-bond acceptors (Lipinski definition) is 3. The Balaban J connectivity index is 1.91. The van der Waals surface area contributed by atoms with Crippen LogP contribution >= 0.6 is 27.3 Å². The van der Waals surface area contributed by atoms with Crippen LogP contribution in [-0.2, 0) is 13.0 Å². The molecule has 1 aromatic carbocycles. The maximum Gasteiger partial charge on any atom is 0.0526 e. The second kappa shape index (κ2) is 6.51. The standard InChI is InChI=1S/C17H21BrN2S/c1-12(19)9-13-10-14(18)4-7-17(13)20(15-5-6-15)11-16-3-2-8-21-16/h2-4,7-8,10,12,15H,5-6,9,11,19H2,1H3. The fourth-order valence-corrected chi connectivity index (χ4v) is 3.82. The van der Waals surface area contributed by atoms with Gasteiger partial charge in [0.25, 0.3) is 0 Å². The summed E-state index contributed by atoms with van der Waals surface area (Å²) >= 11 is 5.43. The zero-order valence-electron chi connectivity index (χ0n) is 12.3. The Morgan fingerprint density at radius 2 is 2.19 bits per heavy atom. The van der Waals surface area contributed by atoms with Gasteiger partial charge in [-0.15, -0.1) is 11.3 Å². The lowest BCUT2D eigenvalue weighted by Crippen LogP contribution is -2.27. The number of anilines is 1. The van der Waals surface area contributed by atoms with Crippen molar-refractivity contribution < 1.29 is 0 Å². The van der Waals surface area contributed by atoms with Crippen LogP contribution in [-0.4, -0.2) is 12.1 Å². The number of benzene rings is 1. The van der Waals surface area contributed by atoms with Crippen LogP contribution in [0.5, 0.6) is 0 Å². The van der Waals surface area contributed by atoms with Gasteiger partial charge in [0, 0.05) is 27.1 Å². The van der Waals surface area contributed by atoms with E-state index in [0.717, 1.165) is 17.4 Å². The molecule has 112 valence electrons. The van der Waals surface area contributed by atoms with Crippen molar-refractivity contribution in [2.24, 2.45) is 5.73 Å². The summed E-state index contributed by atoms with van der Waals surface area (Å²) in [6, 6.07) is 11.8. The molecule has 1 heterocycles. The molecule has 0 spiro atoms. The molecule has 1 saturated carbocycles. The molecule has 2 nitrogen and oxygen atoms in total. The minimum absolute atomic E-state index is 0.181. The molecule has 4 heteroatoms. The molecule has 1 aliphatic carbocycles. The lowest BCUT2D eigenvalue weighted by Gasteiger charge is -2.27. The lowest BCUT2D eigenvalue weighted by atomic mass is 10.0. The van der Waals surface area contributed by atoms with Crippen LogP contribution < -0.4 is 10.6 Å². The first kappa shape index (κ1) is 15.1. The van der Waals surface area contributed by atoms with Crippen molar-refractivity contribution in [3.8, 4) is 0 Å². The predicted octanol–water partition coefficient (Wildman–Crippen LogP) is 4.57. The second-order valence-corrected chi connectivity index (χ2v) is 7.84. The molecule has 0 aliphatic heterocycles. The Kier molecular flexibility index (Phi) is 4.67. The summed E-state index contributed by atoms with van der Waals surface area (Å²) in [4.78, 5) is 3.99. The molecule has 3 rings (SSSR count). The summed E-state index contributed by atoms with van der Waals surface area (Å²) in [6.07, 6.45) is 3.53. The van der Waals surface area contributed by atoms with Gasteiger partial charge in [-0.3, -0.25) is 0 Å². The highest BCUT2D eigenvalue weighted by Crippen LogP contribution is 2.36. The van der Waals surface area contributed by atoms with Crippen LogP contribution in [0.1, 0.15) is 30.2 Å². The number of halogens is 1. The normalized spacial score (nSPS) is 16.0. The third-order valence-corrected chi connectivity index (χ3v) is 5.14. The van der Waals surface area contributed by atoms with Gasteiger partial charge in [0.15, 0.2) is 0 Å². The molecule has 2 N–H and O–H groups in total. The largest absolute Gasteiger partial charge is 0.363 e. The van der Waals surface area contributed by atoms with Crippen molar-refractivity contribution in [1.29, 1.82) is 0 Å². The topological polar surface area (TPSA) is 29.3 Å². The molecule has 0 amide bonds. The first-order chi connectivity index (χ1) is 10.1. The summed E-state index contributed by atoms with van der Waals surface area (Å²) in [6.45, 7) is 3.08. The van der Waals surface area contributed by atoms with E-state index < -0.39 is 0 Å². The Bertz CT molecular complexity index is 591. The van der Waals surface area contributed by atoms with Crippen LogP contribution in [0.15, 0.2) is 40.2 Å². The number of nitrogens with zero attached hydrogens (tertiary/aromatic N) is 1. The van der Waals surface area contributed by atoms with Gasteiger partial charge in [-0.2, -0.15) is 0 Å². The van der Waals surface area contributed by atoms with Crippen molar-refractivity contribution in [3.63, 3.8) is 0 Å². The van der Waals surface area contributed by atoms with E-state index in [4.69, 9.17) is 5.73 Å². The quantitative estimate of drug-likeness (QED) is 0.813. The van der Waals surface area contributed by atoms with Crippen molar-refractivity contribution in [3.05, 3.63) is 50.6 Å². The van der Waals surface area contributed by atoms with Crippen molar-refractivity contribution >= 4 is 33.0 Å². The predicted molar refractivity (Wildman–Crippen MR) is 95.0 cm³/mol. The lowest BCUT2D eigenvalue weighted by molar-refractivity contribution is 0.725. The van der Waals surface area contributed by atoms with Gasteiger partial charge < -0.3 is 10.6 Å². The first-order valence-electron chi connectivity index (χ1n) is 7.46. The van der Waals surface area contributed by atoms with Gasteiger partial charge >= 0.3 is 0 Å². The zero-order chi connectivity index (χ0) is 14.8. The molecule has 1 unspecified atom stereocenters. The van der Waals surface area contributed by atoms with Gasteiger partial charge in [-0.1, -0.05) is 22.0 Å². The molecular weight excluding hydrogens is 344 g/mol. The number of thiophene rings is 1. The van der Waals surface area contributed by atoms with Crippen LogP contribution in [0.25, 0.3) is 0 Å². The highest BCUT2D eigenvalue weighted by Gasteiger charge is 2.30. The zero-order valence-corrected chi connectivity index (χ0v) is 14.7. The second-order valence-electron chi connectivity index (χ2n) is 5.89. The average Bonchev–Trinajstić information content (AvgIpc) is 3.14. The van der Waals surface area contributed by atoms with Gasteiger partial charge in [-0.05, 0) is 61.4 Å². The molecule has 1 aliphatic rings. The fraction of sp³-hybridized carbons (Fsp3) is 0.412. The molecule has 1 fully saturated rings. The SMILES string of the molecule is CC(N)Cc1cc(Br)ccc1N(Cc1cccs1)C1CC1. The fourth-order valence-electron chi connectivity index (χ4n) is 2.71. The minimum Gasteiger partial charge on any atom is -0.363 e. The Morgan fingerprint density at radius 3 is 2.81 bits per heavy atom. The average molecular weight is 365 g/mol. The van der Waals surface area contributed by atoms with Crippen molar-refractivity contribution in [1.82, 2.24) is 0 Å². The van der Waals surface area contributed by atoms with Crippen LogP contribution in [0.3, 0.4) is 0 Å². The van der Waals surface area contributed by atoms with Crippen LogP contribution in [0.2, 0.25) is 0 Å². The highest BCUT2D eigenvalue weighted by molar-refractivity contribution is 9.10. The van der Waals surface area contributed by atoms with Gasteiger partial charge in [-0.25, -0.2) is 0 Å². The number of hydrogen-bond donors (Lipinski definition) is 1. The van der Waals surface area contributed by atoms with E-state index in [0.29, 0.717) is 6.04 Å². The van der Waals surface area contributed by atoms with E-state index in [1.54, 1.807) is 0 Å². The monoisotopic (exact) mass is 364 g/mol. The summed E-state index contributed by atoms with van der Waals surface area (Å²) in [5.74, 6) is 0. The Labute approximate surface area is 139 Å². The molecule has 0 radical (unpaired) electrons. The van der Waals surface area contributed by atoms with Crippen molar-refractivity contribution in [2.45, 2.75) is 44.8 Å². The van der Waals surface area contributed by atoms with E-state index in [-0.39, 0.29) is 6.04 Å². The Hall–Kier alpha value is -0.840. The van der Waals surface area contributed by atoms with Gasteiger partial charge in [0.05, 0.1) is 6.54 Å².